The lowest BCUT2D eigenvalue weighted by molar-refractivity contribution is 0.0299. The van der Waals surface area contributed by atoms with Crippen molar-refractivity contribution >= 4 is 17.2 Å². The zero-order valence-electron chi connectivity index (χ0n) is 8.43. The first kappa shape index (κ1) is 10.4. The summed E-state index contributed by atoms with van der Waals surface area (Å²) in [4.78, 5) is 17.7. The lowest BCUT2D eigenvalue weighted by Gasteiger charge is -2.25. The molecule has 1 aliphatic heterocycles. The smallest absolute Gasteiger partial charge is 0.273 e. The number of aromatic nitrogens is 1. The lowest BCUT2D eigenvalue weighted by Crippen LogP contribution is -2.40. The van der Waals surface area contributed by atoms with Gasteiger partial charge in [-0.15, -0.1) is 0 Å². The monoisotopic (exact) mass is 228 g/mol. The number of thiazole rings is 1. The third kappa shape index (κ3) is 2.27. The fraction of sp³-hybridized carbons (Fsp3) is 0.556. The van der Waals surface area contributed by atoms with Crippen molar-refractivity contribution in [2.75, 3.05) is 33.4 Å². The Bertz CT molecular complexity index is 347. The third-order valence-corrected chi connectivity index (χ3v) is 2.98. The van der Waals surface area contributed by atoms with E-state index >= 15 is 0 Å². The van der Waals surface area contributed by atoms with Crippen molar-refractivity contribution < 1.29 is 14.3 Å². The molecule has 82 valence electrons. The average Bonchev–Trinajstić information content (AvgIpc) is 2.78. The van der Waals surface area contributed by atoms with Crippen LogP contribution in [0.2, 0.25) is 0 Å². The fourth-order valence-corrected chi connectivity index (χ4v) is 1.99. The molecule has 0 spiro atoms. The number of carbonyl (C=O) groups excluding carboxylic acids is 1. The fourth-order valence-electron chi connectivity index (χ4n) is 1.38. The second-order valence-corrected chi connectivity index (χ2v) is 3.93. The quantitative estimate of drug-likeness (QED) is 0.744. The minimum atomic E-state index is -0.0437. The lowest BCUT2D eigenvalue weighted by atomic mass is 10.3. The van der Waals surface area contributed by atoms with Gasteiger partial charge in [0.05, 0.1) is 20.3 Å². The van der Waals surface area contributed by atoms with Crippen LogP contribution in [0.1, 0.15) is 10.5 Å². The van der Waals surface area contributed by atoms with Crippen LogP contribution in [-0.2, 0) is 4.74 Å². The summed E-state index contributed by atoms with van der Waals surface area (Å²) in [6.07, 6.45) is 0. The van der Waals surface area contributed by atoms with Gasteiger partial charge in [0.1, 0.15) is 5.69 Å². The van der Waals surface area contributed by atoms with E-state index in [9.17, 15) is 4.79 Å². The van der Waals surface area contributed by atoms with Gasteiger partial charge in [-0.3, -0.25) is 4.79 Å². The highest BCUT2D eigenvalue weighted by Gasteiger charge is 2.20. The first-order chi connectivity index (χ1) is 7.31. The number of hydrogen-bond acceptors (Lipinski definition) is 5. The number of rotatable bonds is 2. The van der Waals surface area contributed by atoms with Gasteiger partial charge in [-0.25, -0.2) is 0 Å². The van der Waals surface area contributed by atoms with Crippen LogP contribution in [0.25, 0.3) is 0 Å². The van der Waals surface area contributed by atoms with Gasteiger partial charge in [-0.1, -0.05) is 11.3 Å². The minimum absolute atomic E-state index is 0.0437. The summed E-state index contributed by atoms with van der Waals surface area (Å²) in [6.45, 7) is 2.48. The van der Waals surface area contributed by atoms with Gasteiger partial charge in [0.15, 0.2) is 0 Å². The molecule has 0 N–H and O–H groups in total. The van der Waals surface area contributed by atoms with Crippen molar-refractivity contribution in [1.29, 1.82) is 0 Å². The Hall–Kier alpha value is -1.14. The van der Waals surface area contributed by atoms with Crippen LogP contribution in [0.15, 0.2) is 5.38 Å². The summed E-state index contributed by atoms with van der Waals surface area (Å²) in [7, 11) is 1.54. The largest absolute Gasteiger partial charge is 0.473 e. The summed E-state index contributed by atoms with van der Waals surface area (Å²) < 4.78 is 10.1. The maximum Gasteiger partial charge on any atom is 0.273 e. The highest BCUT2D eigenvalue weighted by Crippen LogP contribution is 2.18. The molecule has 0 bridgehead atoms. The molecule has 0 unspecified atom stereocenters. The molecule has 0 radical (unpaired) electrons. The maximum atomic E-state index is 11.9. The van der Waals surface area contributed by atoms with E-state index < -0.39 is 0 Å². The van der Waals surface area contributed by atoms with Crippen molar-refractivity contribution in [2.24, 2.45) is 0 Å². The number of morpholine rings is 1. The van der Waals surface area contributed by atoms with Gasteiger partial charge in [0.2, 0.25) is 0 Å². The molecule has 1 aromatic rings. The predicted octanol–water partition coefficient (Wildman–Crippen LogP) is 0.624. The molecule has 0 saturated carbocycles. The molecule has 0 aliphatic carbocycles. The normalized spacial score (nSPS) is 16.5. The van der Waals surface area contributed by atoms with Crippen LogP contribution >= 0.6 is 11.3 Å². The minimum Gasteiger partial charge on any atom is -0.473 e. The maximum absolute atomic E-state index is 11.9. The molecule has 1 amide bonds. The van der Waals surface area contributed by atoms with Gasteiger partial charge in [-0.2, -0.15) is 4.98 Å². The van der Waals surface area contributed by atoms with E-state index in [1.807, 2.05) is 0 Å². The molecule has 0 atom stereocenters. The Morgan fingerprint density at radius 1 is 1.60 bits per heavy atom. The highest BCUT2D eigenvalue weighted by molar-refractivity contribution is 7.11. The molecule has 1 aliphatic rings. The Balaban J connectivity index is 2.05. The first-order valence-corrected chi connectivity index (χ1v) is 5.56. The van der Waals surface area contributed by atoms with Gasteiger partial charge in [-0.05, 0) is 0 Å². The number of hydrogen-bond donors (Lipinski definition) is 0. The molecule has 1 aromatic heterocycles. The molecule has 2 heterocycles. The molecule has 6 heteroatoms. The first-order valence-electron chi connectivity index (χ1n) is 4.68. The summed E-state index contributed by atoms with van der Waals surface area (Å²) >= 11 is 1.33. The zero-order valence-corrected chi connectivity index (χ0v) is 9.25. The molecule has 2 rings (SSSR count). The molecule has 15 heavy (non-hydrogen) atoms. The number of ether oxygens (including phenoxy) is 2. The van der Waals surface area contributed by atoms with E-state index in [0.29, 0.717) is 37.2 Å². The number of methoxy groups -OCH3 is 1. The van der Waals surface area contributed by atoms with E-state index in [1.54, 1.807) is 17.4 Å². The van der Waals surface area contributed by atoms with Crippen molar-refractivity contribution in [3.8, 4) is 5.19 Å². The van der Waals surface area contributed by atoms with E-state index in [1.165, 1.54) is 11.3 Å². The Morgan fingerprint density at radius 3 is 2.93 bits per heavy atom. The summed E-state index contributed by atoms with van der Waals surface area (Å²) in [6, 6.07) is 0. The third-order valence-electron chi connectivity index (χ3n) is 2.18. The number of nitrogens with zero attached hydrogens (tertiary/aromatic N) is 2. The van der Waals surface area contributed by atoms with Crippen LogP contribution in [0, 0.1) is 0 Å². The van der Waals surface area contributed by atoms with Crippen molar-refractivity contribution in [1.82, 2.24) is 9.88 Å². The van der Waals surface area contributed by atoms with Gasteiger partial charge >= 0.3 is 0 Å². The molecule has 1 saturated heterocycles. The van der Waals surface area contributed by atoms with Crippen LogP contribution in [0.3, 0.4) is 0 Å². The van der Waals surface area contributed by atoms with Crippen molar-refractivity contribution in [3.63, 3.8) is 0 Å². The second kappa shape index (κ2) is 4.59. The van der Waals surface area contributed by atoms with E-state index in [-0.39, 0.29) is 5.91 Å². The Morgan fingerprint density at radius 2 is 2.33 bits per heavy atom. The molecule has 1 fully saturated rings. The summed E-state index contributed by atoms with van der Waals surface area (Å²) in [5.41, 5.74) is 0.457. The van der Waals surface area contributed by atoms with E-state index in [4.69, 9.17) is 9.47 Å². The molecular formula is C9H12N2O3S. The van der Waals surface area contributed by atoms with Crippen molar-refractivity contribution in [2.45, 2.75) is 0 Å². The molecule has 0 aromatic carbocycles. The highest BCUT2D eigenvalue weighted by atomic mass is 32.1. The van der Waals surface area contributed by atoms with Crippen LogP contribution in [-0.4, -0.2) is 49.2 Å². The Kier molecular flexibility index (Phi) is 3.17. The summed E-state index contributed by atoms with van der Waals surface area (Å²) in [5, 5.41) is 2.24. The van der Waals surface area contributed by atoms with Crippen LogP contribution in [0.5, 0.6) is 5.19 Å². The molecular weight excluding hydrogens is 216 g/mol. The van der Waals surface area contributed by atoms with Crippen LogP contribution < -0.4 is 4.74 Å². The average molecular weight is 228 g/mol. The summed E-state index contributed by atoms with van der Waals surface area (Å²) in [5.74, 6) is -0.0437. The van der Waals surface area contributed by atoms with E-state index in [2.05, 4.69) is 4.98 Å². The Labute approximate surface area is 91.6 Å². The van der Waals surface area contributed by atoms with Crippen molar-refractivity contribution in [3.05, 3.63) is 11.1 Å². The van der Waals surface area contributed by atoms with Gasteiger partial charge < -0.3 is 14.4 Å². The van der Waals surface area contributed by atoms with Gasteiger partial charge in [0, 0.05) is 18.5 Å². The zero-order chi connectivity index (χ0) is 10.7. The topological polar surface area (TPSA) is 51.7 Å². The number of amides is 1. The van der Waals surface area contributed by atoms with E-state index in [0.717, 1.165) is 0 Å². The van der Waals surface area contributed by atoms with Gasteiger partial charge in [0.25, 0.3) is 11.1 Å². The number of carbonyl (C=O) groups is 1. The SMILES string of the molecule is COc1nc(C(=O)N2CCOCC2)cs1. The predicted molar refractivity (Wildman–Crippen MR) is 55.4 cm³/mol. The standard InChI is InChI=1S/C9H12N2O3S/c1-13-9-10-7(6-15-9)8(12)11-2-4-14-5-3-11/h6H,2-5H2,1H3. The molecule has 5 nitrogen and oxygen atoms in total. The second-order valence-electron chi connectivity index (χ2n) is 3.11. The van der Waals surface area contributed by atoms with Crippen LogP contribution in [0.4, 0.5) is 0 Å².